The van der Waals surface area contributed by atoms with E-state index in [0.717, 1.165) is 25.7 Å². The van der Waals surface area contributed by atoms with Crippen molar-refractivity contribution in [3.05, 3.63) is 23.8 Å². The van der Waals surface area contributed by atoms with E-state index in [1.165, 1.54) is 18.2 Å². The van der Waals surface area contributed by atoms with E-state index in [-0.39, 0.29) is 28.5 Å². The molecule has 0 spiro atoms. The van der Waals surface area contributed by atoms with Crippen molar-refractivity contribution in [3.63, 3.8) is 0 Å². The van der Waals surface area contributed by atoms with E-state index in [1.54, 1.807) is 0 Å². The third-order valence-electron chi connectivity index (χ3n) is 3.36. The molecule has 0 saturated heterocycles. The van der Waals surface area contributed by atoms with E-state index < -0.39 is 0 Å². The zero-order valence-corrected chi connectivity index (χ0v) is 10.7. The highest BCUT2D eigenvalue weighted by molar-refractivity contribution is 6.19. The Morgan fingerprint density at radius 3 is 2.28 bits per heavy atom. The number of aromatic hydroxyl groups is 2. The lowest BCUT2D eigenvalue weighted by Gasteiger charge is -2.27. The van der Waals surface area contributed by atoms with Crippen molar-refractivity contribution in [3.8, 4) is 11.5 Å². The summed E-state index contributed by atoms with van der Waals surface area (Å²) >= 11 is 5.95. The number of carbonyl (C=O) groups is 1. The Hall–Kier alpha value is -1.42. The number of phenolic OH excluding ortho intramolecular Hbond substituents is 2. The molecule has 4 nitrogen and oxygen atoms in total. The summed E-state index contributed by atoms with van der Waals surface area (Å²) in [5.41, 5.74) is -0.108. The van der Waals surface area contributed by atoms with Gasteiger partial charge in [0, 0.05) is 17.5 Å². The molecule has 0 heterocycles. The lowest BCUT2D eigenvalue weighted by molar-refractivity contribution is 0.0908. The van der Waals surface area contributed by atoms with E-state index in [4.69, 9.17) is 11.6 Å². The maximum Gasteiger partial charge on any atom is 0.252 e. The van der Waals surface area contributed by atoms with Gasteiger partial charge in [-0.2, -0.15) is 0 Å². The van der Waals surface area contributed by atoms with Crippen LogP contribution in [0.5, 0.6) is 11.5 Å². The van der Waals surface area contributed by atoms with Gasteiger partial charge in [0.15, 0.2) is 0 Å². The molecule has 0 aliphatic heterocycles. The van der Waals surface area contributed by atoms with Crippen LogP contribution in [-0.4, -0.2) is 27.5 Å². The molecule has 1 amide bonds. The minimum Gasteiger partial charge on any atom is -0.508 e. The minimum atomic E-state index is -0.348. The Balaban J connectivity index is 2.16. The van der Waals surface area contributed by atoms with Crippen molar-refractivity contribution in [2.45, 2.75) is 31.2 Å². The number of carbonyl (C=O) groups excluding carboxylic acids is 1. The standard InChI is InChI=1S/C13H16ClNO3/c14-8-13(3-1-2-4-13)15-12(18)9-5-10(16)7-11(17)6-9/h5-7,16-17H,1-4,8H2,(H,15,18). The number of rotatable bonds is 3. The van der Waals surface area contributed by atoms with Gasteiger partial charge < -0.3 is 15.5 Å². The first kappa shape index (κ1) is 13.0. The Labute approximate surface area is 111 Å². The summed E-state index contributed by atoms with van der Waals surface area (Å²) in [7, 11) is 0. The molecule has 0 bridgehead atoms. The molecule has 1 aliphatic carbocycles. The first-order chi connectivity index (χ1) is 8.54. The van der Waals surface area contributed by atoms with Crippen LogP contribution in [0.4, 0.5) is 0 Å². The molecule has 0 aromatic heterocycles. The van der Waals surface area contributed by atoms with Crippen LogP contribution < -0.4 is 5.32 Å². The van der Waals surface area contributed by atoms with Crippen LogP contribution in [0, 0.1) is 0 Å². The molecular weight excluding hydrogens is 254 g/mol. The van der Waals surface area contributed by atoms with Crippen LogP contribution in [0.15, 0.2) is 18.2 Å². The second-order valence-corrected chi connectivity index (χ2v) is 5.08. The molecule has 0 radical (unpaired) electrons. The maximum absolute atomic E-state index is 12.1. The van der Waals surface area contributed by atoms with Gasteiger partial charge in [-0.1, -0.05) is 12.8 Å². The summed E-state index contributed by atoms with van der Waals surface area (Å²) in [5.74, 6) is -0.203. The molecule has 1 aliphatic rings. The van der Waals surface area contributed by atoms with Crippen LogP contribution in [-0.2, 0) is 0 Å². The van der Waals surface area contributed by atoms with Crippen LogP contribution >= 0.6 is 11.6 Å². The molecule has 1 aromatic rings. The topological polar surface area (TPSA) is 69.6 Å². The summed E-state index contributed by atoms with van der Waals surface area (Å²) in [6, 6.07) is 3.83. The molecule has 5 heteroatoms. The second-order valence-electron chi connectivity index (χ2n) is 4.81. The average molecular weight is 270 g/mol. The van der Waals surface area contributed by atoms with E-state index in [0.29, 0.717) is 5.88 Å². The van der Waals surface area contributed by atoms with Gasteiger partial charge in [-0.05, 0) is 25.0 Å². The highest BCUT2D eigenvalue weighted by atomic mass is 35.5. The van der Waals surface area contributed by atoms with E-state index in [2.05, 4.69) is 5.32 Å². The van der Waals surface area contributed by atoms with Crippen molar-refractivity contribution >= 4 is 17.5 Å². The molecule has 1 fully saturated rings. The quantitative estimate of drug-likeness (QED) is 0.738. The van der Waals surface area contributed by atoms with Gasteiger partial charge in [-0.25, -0.2) is 0 Å². The molecular formula is C13H16ClNO3. The smallest absolute Gasteiger partial charge is 0.252 e. The summed E-state index contributed by atoms with van der Waals surface area (Å²) < 4.78 is 0. The summed E-state index contributed by atoms with van der Waals surface area (Å²) in [6.45, 7) is 0. The lowest BCUT2D eigenvalue weighted by Crippen LogP contribution is -2.47. The first-order valence-corrected chi connectivity index (χ1v) is 6.50. The third kappa shape index (κ3) is 2.70. The van der Waals surface area contributed by atoms with E-state index in [9.17, 15) is 15.0 Å². The van der Waals surface area contributed by atoms with Crippen LogP contribution in [0.25, 0.3) is 0 Å². The van der Waals surface area contributed by atoms with Crippen LogP contribution in [0.2, 0.25) is 0 Å². The fourth-order valence-corrected chi connectivity index (χ4v) is 2.72. The fraction of sp³-hybridized carbons (Fsp3) is 0.462. The summed E-state index contributed by atoms with van der Waals surface area (Å²) in [4.78, 5) is 12.1. The number of hydrogen-bond acceptors (Lipinski definition) is 3. The van der Waals surface area contributed by atoms with E-state index in [1.807, 2.05) is 0 Å². The Bertz CT molecular complexity index is 435. The monoisotopic (exact) mass is 269 g/mol. The summed E-state index contributed by atoms with van der Waals surface area (Å²) in [6.07, 6.45) is 3.84. The molecule has 98 valence electrons. The Morgan fingerprint density at radius 1 is 1.22 bits per heavy atom. The van der Waals surface area contributed by atoms with Gasteiger partial charge in [-0.15, -0.1) is 11.6 Å². The SMILES string of the molecule is O=C(NC1(CCl)CCCC1)c1cc(O)cc(O)c1. The number of amides is 1. The van der Waals surface area contributed by atoms with E-state index >= 15 is 0 Å². The number of nitrogens with one attached hydrogen (secondary N) is 1. The molecule has 18 heavy (non-hydrogen) atoms. The van der Waals surface area contributed by atoms with Crippen molar-refractivity contribution in [1.82, 2.24) is 5.32 Å². The normalized spacial score (nSPS) is 17.6. The lowest BCUT2D eigenvalue weighted by atomic mass is 9.99. The van der Waals surface area contributed by atoms with Gasteiger partial charge in [-0.3, -0.25) is 4.79 Å². The highest BCUT2D eigenvalue weighted by Crippen LogP contribution is 2.31. The second kappa shape index (κ2) is 5.06. The summed E-state index contributed by atoms with van der Waals surface area (Å²) in [5, 5.41) is 21.6. The molecule has 2 rings (SSSR count). The van der Waals surface area contributed by atoms with Gasteiger partial charge >= 0.3 is 0 Å². The van der Waals surface area contributed by atoms with Crippen molar-refractivity contribution in [2.75, 3.05) is 5.88 Å². The largest absolute Gasteiger partial charge is 0.508 e. The third-order valence-corrected chi connectivity index (χ3v) is 3.87. The van der Waals surface area contributed by atoms with Gasteiger partial charge in [0.25, 0.3) is 5.91 Å². The van der Waals surface area contributed by atoms with Gasteiger partial charge in [0.2, 0.25) is 0 Å². The highest BCUT2D eigenvalue weighted by Gasteiger charge is 2.34. The zero-order valence-electron chi connectivity index (χ0n) is 9.95. The van der Waals surface area contributed by atoms with Crippen LogP contribution in [0.1, 0.15) is 36.0 Å². The molecule has 1 aromatic carbocycles. The predicted octanol–water partition coefficient (Wildman–Crippen LogP) is 2.38. The van der Waals surface area contributed by atoms with Crippen molar-refractivity contribution in [2.24, 2.45) is 0 Å². The maximum atomic E-state index is 12.1. The zero-order chi connectivity index (χ0) is 13.2. The molecule has 0 atom stereocenters. The van der Waals surface area contributed by atoms with Crippen LogP contribution in [0.3, 0.4) is 0 Å². The first-order valence-electron chi connectivity index (χ1n) is 5.96. The van der Waals surface area contributed by atoms with Crippen molar-refractivity contribution < 1.29 is 15.0 Å². The predicted molar refractivity (Wildman–Crippen MR) is 69.2 cm³/mol. The number of benzene rings is 1. The number of phenols is 2. The Kier molecular flexibility index (Phi) is 3.66. The fourth-order valence-electron chi connectivity index (χ4n) is 2.38. The molecule has 3 N–H and O–H groups in total. The van der Waals surface area contributed by atoms with Gasteiger partial charge in [0.1, 0.15) is 11.5 Å². The van der Waals surface area contributed by atoms with Gasteiger partial charge in [0.05, 0.1) is 5.54 Å². The molecule has 1 saturated carbocycles. The average Bonchev–Trinajstić information content (AvgIpc) is 2.77. The number of alkyl halides is 1. The van der Waals surface area contributed by atoms with Crippen molar-refractivity contribution in [1.29, 1.82) is 0 Å². The Morgan fingerprint density at radius 2 is 1.78 bits per heavy atom. The number of hydrogen-bond donors (Lipinski definition) is 3. The molecule has 0 unspecified atom stereocenters. The number of halogens is 1. The minimum absolute atomic E-state index is 0.133.